The summed E-state index contributed by atoms with van der Waals surface area (Å²) in [6.07, 6.45) is 3.58. The lowest BCUT2D eigenvalue weighted by atomic mass is 10.1. The molecule has 0 bridgehead atoms. The number of hydrogen-bond donors (Lipinski definition) is 1. The Hall–Kier alpha value is -1.36. The summed E-state index contributed by atoms with van der Waals surface area (Å²) >= 11 is 0. The number of nitrogens with two attached hydrogens (primary N) is 1. The van der Waals surface area contributed by atoms with Gasteiger partial charge in [-0.3, -0.25) is 4.79 Å². The number of imidazole rings is 1. The Labute approximate surface area is 89.2 Å². The van der Waals surface area contributed by atoms with E-state index in [1.54, 1.807) is 12.5 Å². The monoisotopic (exact) mass is 211 g/mol. The third-order valence-electron chi connectivity index (χ3n) is 2.25. The molecule has 0 spiro atoms. The Morgan fingerprint density at radius 3 is 2.87 bits per heavy atom. The summed E-state index contributed by atoms with van der Waals surface area (Å²) in [5, 5.41) is 0. The van der Waals surface area contributed by atoms with Crippen molar-refractivity contribution < 1.29 is 9.53 Å². The van der Waals surface area contributed by atoms with Crippen LogP contribution in [-0.4, -0.2) is 22.6 Å². The molecule has 1 aromatic rings. The van der Waals surface area contributed by atoms with Crippen molar-refractivity contribution in [2.45, 2.75) is 32.4 Å². The number of carbonyl (C=O) groups is 1. The molecule has 5 nitrogen and oxygen atoms in total. The van der Waals surface area contributed by atoms with Crippen LogP contribution in [0.3, 0.4) is 0 Å². The molecule has 1 aromatic heterocycles. The molecule has 5 heteroatoms. The number of aromatic nitrogens is 2. The van der Waals surface area contributed by atoms with E-state index >= 15 is 0 Å². The molecule has 1 heterocycles. The van der Waals surface area contributed by atoms with Gasteiger partial charge in [0.1, 0.15) is 0 Å². The van der Waals surface area contributed by atoms with E-state index in [1.165, 1.54) is 7.11 Å². The highest BCUT2D eigenvalue weighted by molar-refractivity contribution is 5.70. The van der Waals surface area contributed by atoms with E-state index in [9.17, 15) is 4.79 Å². The first-order valence-electron chi connectivity index (χ1n) is 4.90. The van der Waals surface area contributed by atoms with Gasteiger partial charge in [-0.1, -0.05) is 0 Å². The molecule has 0 radical (unpaired) electrons. The first kappa shape index (κ1) is 11.7. The predicted octanol–water partition coefficient (Wildman–Crippen LogP) is 1.03. The van der Waals surface area contributed by atoms with Gasteiger partial charge in [-0.25, -0.2) is 4.98 Å². The van der Waals surface area contributed by atoms with E-state index in [-0.39, 0.29) is 24.5 Å². The molecule has 1 atom stereocenters. The van der Waals surface area contributed by atoms with E-state index in [1.807, 2.05) is 18.4 Å². The van der Waals surface area contributed by atoms with Crippen molar-refractivity contribution in [2.75, 3.05) is 7.11 Å². The Morgan fingerprint density at radius 2 is 2.33 bits per heavy atom. The molecule has 0 aliphatic rings. The molecule has 0 aliphatic carbocycles. The fourth-order valence-corrected chi connectivity index (χ4v) is 1.40. The summed E-state index contributed by atoms with van der Waals surface area (Å²) in [5.74, 6) is -0.306. The first-order valence-corrected chi connectivity index (χ1v) is 4.90. The second-order valence-corrected chi connectivity index (χ2v) is 3.71. The van der Waals surface area contributed by atoms with Gasteiger partial charge in [0.25, 0.3) is 0 Å². The van der Waals surface area contributed by atoms with E-state index in [2.05, 4.69) is 9.72 Å². The van der Waals surface area contributed by atoms with Gasteiger partial charge in [0.05, 0.1) is 31.6 Å². The molecule has 0 amide bonds. The molecule has 84 valence electrons. The lowest BCUT2D eigenvalue weighted by Crippen LogP contribution is -2.20. The van der Waals surface area contributed by atoms with Crippen molar-refractivity contribution in [3.63, 3.8) is 0 Å². The maximum Gasteiger partial charge on any atom is 0.307 e. The molecule has 0 aliphatic heterocycles. The average molecular weight is 211 g/mol. The number of nitrogens with zero attached hydrogens (tertiary/aromatic N) is 2. The van der Waals surface area contributed by atoms with Gasteiger partial charge < -0.3 is 15.0 Å². The molecule has 0 fully saturated rings. The fourth-order valence-electron chi connectivity index (χ4n) is 1.40. The van der Waals surface area contributed by atoms with Gasteiger partial charge in [0.2, 0.25) is 0 Å². The third kappa shape index (κ3) is 2.79. The van der Waals surface area contributed by atoms with Gasteiger partial charge in [-0.15, -0.1) is 0 Å². The molecule has 0 aromatic carbocycles. The molecular formula is C10H17N3O2. The summed E-state index contributed by atoms with van der Waals surface area (Å²) in [4.78, 5) is 15.1. The number of hydrogen-bond acceptors (Lipinski definition) is 4. The number of esters is 1. The smallest absolute Gasteiger partial charge is 0.307 e. The van der Waals surface area contributed by atoms with Gasteiger partial charge >= 0.3 is 5.97 Å². The second-order valence-electron chi connectivity index (χ2n) is 3.71. The topological polar surface area (TPSA) is 70.1 Å². The second kappa shape index (κ2) is 4.93. The summed E-state index contributed by atoms with van der Waals surface area (Å²) in [7, 11) is 1.36. The van der Waals surface area contributed by atoms with Crippen LogP contribution in [0.15, 0.2) is 12.5 Å². The van der Waals surface area contributed by atoms with Gasteiger partial charge in [-0.2, -0.15) is 0 Å². The van der Waals surface area contributed by atoms with Crippen molar-refractivity contribution in [3.05, 3.63) is 18.2 Å². The van der Waals surface area contributed by atoms with Crippen LogP contribution in [0.1, 0.15) is 38.0 Å². The molecular weight excluding hydrogens is 194 g/mol. The molecule has 0 saturated heterocycles. The van der Waals surface area contributed by atoms with Crippen LogP contribution in [0.2, 0.25) is 0 Å². The van der Waals surface area contributed by atoms with Crippen molar-refractivity contribution in [3.8, 4) is 0 Å². The van der Waals surface area contributed by atoms with E-state index in [4.69, 9.17) is 5.73 Å². The Morgan fingerprint density at radius 1 is 1.67 bits per heavy atom. The Balaban J connectivity index is 2.77. The minimum absolute atomic E-state index is 0.176. The van der Waals surface area contributed by atoms with E-state index < -0.39 is 0 Å². The zero-order chi connectivity index (χ0) is 11.4. The summed E-state index contributed by atoms with van der Waals surface area (Å²) in [6, 6.07) is -0.0754. The zero-order valence-electron chi connectivity index (χ0n) is 9.30. The van der Waals surface area contributed by atoms with Crippen LogP contribution in [-0.2, 0) is 9.53 Å². The lowest BCUT2D eigenvalue weighted by molar-refractivity contribution is -0.141. The van der Waals surface area contributed by atoms with Crippen LogP contribution in [0, 0.1) is 0 Å². The average Bonchev–Trinajstić information content (AvgIpc) is 2.65. The summed E-state index contributed by atoms with van der Waals surface area (Å²) in [5.41, 5.74) is 6.75. The molecule has 1 rings (SSSR count). The largest absolute Gasteiger partial charge is 0.469 e. The molecule has 2 N–H and O–H groups in total. The number of ether oxygens (including phenoxy) is 1. The number of rotatable bonds is 4. The molecule has 15 heavy (non-hydrogen) atoms. The highest BCUT2D eigenvalue weighted by Gasteiger charge is 2.16. The fraction of sp³-hybridized carbons (Fsp3) is 0.600. The first-order chi connectivity index (χ1) is 7.06. The van der Waals surface area contributed by atoms with Gasteiger partial charge in [-0.05, 0) is 13.8 Å². The van der Waals surface area contributed by atoms with Crippen LogP contribution in [0.5, 0.6) is 0 Å². The SMILES string of the molecule is COC(=O)C[C@@H](N)c1cncn1C(C)C. The van der Waals surface area contributed by atoms with Crippen LogP contribution in [0.25, 0.3) is 0 Å². The Bertz CT molecular complexity index is 333. The third-order valence-corrected chi connectivity index (χ3v) is 2.25. The number of methoxy groups -OCH3 is 1. The standard InChI is InChI=1S/C10H17N3O2/c1-7(2)13-6-12-5-9(13)8(11)4-10(14)15-3/h5-8H,4,11H2,1-3H3/t8-/m1/s1. The molecule has 0 saturated carbocycles. The lowest BCUT2D eigenvalue weighted by Gasteiger charge is -2.16. The van der Waals surface area contributed by atoms with Crippen LogP contribution in [0.4, 0.5) is 0 Å². The van der Waals surface area contributed by atoms with Crippen molar-refractivity contribution in [2.24, 2.45) is 5.73 Å². The van der Waals surface area contributed by atoms with Crippen molar-refractivity contribution in [1.29, 1.82) is 0 Å². The van der Waals surface area contributed by atoms with Crippen molar-refractivity contribution >= 4 is 5.97 Å². The minimum atomic E-state index is -0.359. The predicted molar refractivity (Wildman–Crippen MR) is 56.2 cm³/mol. The van der Waals surface area contributed by atoms with Gasteiger partial charge in [0.15, 0.2) is 0 Å². The quantitative estimate of drug-likeness (QED) is 0.755. The highest BCUT2D eigenvalue weighted by Crippen LogP contribution is 2.17. The zero-order valence-corrected chi connectivity index (χ0v) is 9.30. The maximum absolute atomic E-state index is 11.1. The minimum Gasteiger partial charge on any atom is -0.469 e. The van der Waals surface area contributed by atoms with Crippen LogP contribution < -0.4 is 5.73 Å². The summed E-state index contributed by atoms with van der Waals surface area (Å²) in [6.45, 7) is 4.08. The molecule has 0 unspecified atom stereocenters. The van der Waals surface area contributed by atoms with Crippen molar-refractivity contribution in [1.82, 2.24) is 9.55 Å². The van der Waals surface area contributed by atoms with E-state index in [0.717, 1.165) is 5.69 Å². The highest BCUT2D eigenvalue weighted by atomic mass is 16.5. The van der Waals surface area contributed by atoms with Crippen LogP contribution >= 0.6 is 0 Å². The van der Waals surface area contributed by atoms with E-state index in [0.29, 0.717) is 0 Å². The Kier molecular flexibility index (Phi) is 3.85. The summed E-state index contributed by atoms with van der Waals surface area (Å²) < 4.78 is 6.52. The normalized spacial score (nSPS) is 12.9. The number of carbonyl (C=O) groups excluding carboxylic acids is 1. The van der Waals surface area contributed by atoms with Gasteiger partial charge in [0, 0.05) is 12.2 Å². The maximum atomic E-state index is 11.1.